The van der Waals surface area contributed by atoms with Crippen molar-refractivity contribution in [2.75, 3.05) is 31.2 Å². The predicted molar refractivity (Wildman–Crippen MR) is 141 cm³/mol. The van der Waals surface area contributed by atoms with Crippen LogP contribution in [0.15, 0.2) is 43.0 Å². The van der Waals surface area contributed by atoms with Crippen molar-refractivity contribution < 1.29 is 18.3 Å². The van der Waals surface area contributed by atoms with Gasteiger partial charge in [-0.3, -0.25) is 4.79 Å². The van der Waals surface area contributed by atoms with Crippen molar-refractivity contribution in [2.45, 2.75) is 39.3 Å². The molecule has 0 radical (unpaired) electrons. The van der Waals surface area contributed by atoms with Crippen molar-refractivity contribution in [3.8, 4) is 11.1 Å². The van der Waals surface area contributed by atoms with E-state index in [-0.39, 0.29) is 29.9 Å². The van der Waals surface area contributed by atoms with Crippen molar-refractivity contribution in [1.82, 2.24) is 9.62 Å². The maximum Gasteiger partial charge on any atom is 0.250 e. The fraction of sp³-hybridized carbons (Fsp3) is 0.423. The van der Waals surface area contributed by atoms with E-state index in [9.17, 15) is 18.3 Å². The van der Waals surface area contributed by atoms with Crippen molar-refractivity contribution in [3.05, 3.63) is 59.7 Å². The topological polar surface area (TPSA) is 139 Å². The molecule has 3 rings (SSSR count). The molecule has 35 heavy (non-hydrogen) atoms. The van der Waals surface area contributed by atoms with Crippen LogP contribution < -0.4 is 16.8 Å². The van der Waals surface area contributed by atoms with Gasteiger partial charge in [0, 0.05) is 31.2 Å². The number of nitrogens with zero attached hydrogens (tertiary/aromatic N) is 1. The largest absolute Gasteiger partial charge is 0.398 e. The van der Waals surface area contributed by atoms with Crippen LogP contribution in [0.1, 0.15) is 48.2 Å². The number of allylic oxidation sites excluding steroid dienone is 1. The lowest BCUT2D eigenvalue weighted by atomic mass is 9.84. The summed E-state index contributed by atoms with van der Waals surface area (Å²) in [5.74, 6) is -0.468. The van der Waals surface area contributed by atoms with E-state index in [1.807, 2.05) is 37.3 Å². The molecule has 190 valence electrons. The third kappa shape index (κ3) is 6.29. The quantitative estimate of drug-likeness (QED) is 0.370. The first-order valence-corrected chi connectivity index (χ1v) is 13.5. The van der Waals surface area contributed by atoms with Crippen molar-refractivity contribution in [1.29, 1.82) is 0 Å². The smallest absolute Gasteiger partial charge is 0.250 e. The maximum atomic E-state index is 12.2. The number of nitrogens with one attached hydrogen (secondary N) is 1. The number of piperidine rings is 1. The van der Waals surface area contributed by atoms with E-state index in [0.717, 1.165) is 22.3 Å². The number of hydrogen-bond donors (Lipinski definition) is 4. The lowest BCUT2D eigenvalue weighted by Crippen LogP contribution is -2.39. The van der Waals surface area contributed by atoms with Gasteiger partial charge in [0.1, 0.15) is 0 Å². The highest BCUT2D eigenvalue weighted by Crippen LogP contribution is 2.38. The van der Waals surface area contributed by atoms with E-state index in [1.165, 1.54) is 4.31 Å². The molecule has 6 N–H and O–H groups in total. The zero-order chi connectivity index (χ0) is 25.8. The zero-order valence-corrected chi connectivity index (χ0v) is 21.3. The van der Waals surface area contributed by atoms with Gasteiger partial charge in [-0.15, -0.1) is 0 Å². The molecule has 1 heterocycles. The molecule has 8 nitrogen and oxygen atoms in total. The summed E-state index contributed by atoms with van der Waals surface area (Å²) in [6.45, 7) is 9.42. The average Bonchev–Trinajstić information content (AvgIpc) is 2.87. The fourth-order valence-corrected chi connectivity index (χ4v) is 5.48. The number of benzene rings is 2. The molecule has 0 aromatic heterocycles. The van der Waals surface area contributed by atoms with Crippen LogP contribution in [0.4, 0.5) is 5.69 Å². The summed E-state index contributed by atoms with van der Waals surface area (Å²) in [4.78, 5) is 12.2. The minimum Gasteiger partial charge on any atom is -0.398 e. The number of sulfonamides is 1. The molecule has 1 aliphatic heterocycles. The van der Waals surface area contributed by atoms with Crippen molar-refractivity contribution >= 4 is 27.2 Å². The van der Waals surface area contributed by atoms with Crippen LogP contribution in [0.5, 0.6) is 0 Å². The molecule has 9 heteroatoms. The molecule has 0 spiro atoms. The average molecular weight is 501 g/mol. The van der Waals surface area contributed by atoms with Crippen molar-refractivity contribution in [3.63, 3.8) is 0 Å². The Kier molecular flexibility index (Phi) is 8.71. The van der Waals surface area contributed by atoms with E-state index in [1.54, 1.807) is 13.0 Å². The van der Waals surface area contributed by atoms with Gasteiger partial charge in [-0.2, -0.15) is 0 Å². The molecule has 1 aliphatic rings. The van der Waals surface area contributed by atoms with E-state index >= 15 is 0 Å². The van der Waals surface area contributed by atoms with Crippen LogP contribution in [0.3, 0.4) is 0 Å². The van der Waals surface area contributed by atoms with Crippen LogP contribution in [0.25, 0.3) is 16.7 Å². The second-order valence-electron chi connectivity index (χ2n) is 9.11. The highest BCUT2D eigenvalue weighted by atomic mass is 32.2. The molecule has 1 amide bonds. The second-order valence-corrected chi connectivity index (χ2v) is 11.4. The molecule has 1 saturated heterocycles. The zero-order valence-electron chi connectivity index (χ0n) is 20.5. The summed E-state index contributed by atoms with van der Waals surface area (Å²) < 4.78 is 25.9. The SMILES string of the molecule is C=C(c1cc(-c2ccc(CNC(C)CO)cc2)cc(C(N)=O)c1N)C1CCN(S(=O)(=O)CC)CC1. The number of nitrogen functional groups attached to an aromatic ring is 1. The number of aliphatic hydroxyl groups is 1. The number of primary amides is 1. The molecule has 0 aliphatic carbocycles. The fourth-order valence-electron chi connectivity index (χ4n) is 4.35. The Bertz CT molecular complexity index is 1170. The first kappa shape index (κ1) is 26.9. The lowest BCUT2D eigenvalue weighted by Gasteiger charge is -2.32. The second kappa shape index (κ2) is 11.3. The van der Waals surface area contributed by atoms with Crippen LogP contribution in [0.2, 0.25) is 0 Å². The molecule has 2 aromatic rings. The van der Waals surface area contributed by atoms with E-state index in [4.69, 9.17) is 11.5 Å². The van der Waals surface area contributed by atoms with Crippen LogP contribution >= 0.6 is 0 Å². The van der Waals surface area contributed by atoms with Gasteiger partial charge in [0.25, 0.3) is 5.91 Å². The van der Waals surface area contributed by atoms with E-state index in [0.29, 0.717) is 43.7 Å². The Morgan fingerprint density at radius 1 is 1.17 bits per heavy atom. The normalized spacial score (nSPS) is 16.2. The third-order valence-corrected chi connectivity index (χ3v) is 8.59. The standard InChI is InChI=1S/C26H36N4O4S/c1-4-35(33,34)30-11-9-20(10-12-30)18(3)23-13-22(14-24(25(23)27)26(28)32)21-7-5-19(6-8-21)15-29-17(2)16-31/h5-8,13-14,17,20,29,31H,3-4,9-12,15-16,27H2,1-2H3,(H2,28,32). The molecule has 2 aromatic carbocycles. The number of carbonyl (C=O) groups excluding carboxylic acids is 1. The minimum atomic E-state index is -3.22. The highest BCUT2D eigenvalue weighted by molar-refractivity contribution is 7.89. The van der Waals surface area contributed by atoms with Gasteiger partial charge in [0.2, 0.25) is 10.0 Å². The Balaban J connectivity index is 1.86. The summed E-state index contributed by atoms with van der Waals surface area (Å²) in [6, 6.07) is 11.6. The molecule has 1 atom stereocenters. The number of nitrogens with two attached hydrogens (primary N) is 2. The van der Waals surface area contributed by atoms with Gasteiger partial charge in [-0.1, -0.05) is 30.8 Å². The molecule has 0 bridgehead atoms. The highest BCUT2D eigenvalue weighted by Gasteiger charge is 2.29. The molecule has 1 fully saturated rings. The summed E-state index contributed by atoms with van der Waals surface area (Å²) in [5.41, 5.74) is 16.8. The van der Waals surface area contributed by atoms with Crippen molar-refractivity contribution in [2.24, 2.45) is 11.7 Å². The van der Waals surface area contributed by atoms with Gasteiger partial charge in [0.05, 0.1) is 23.6 Å². The first-order chi connectivity index (χ1) is 16.6. The number of anilines is 1. The maximum absolute atomic E-state index is 12.2. The first-order valence-electron chi connectivity index (χ1n) is 11.9. The summed E-state index contributed by atoms with van der Waals surface area (Å²) >= 11 is 0. The van der Waals surface area contributed by atoms with Crippen LogP contribution in [0, 0.1) is 5.92 Å². The Morgan fingerprint density at radius 2 is 1.77 bits per heavy atom. The van der Waals surface area contributed by atoms with Gasteiger partial charge >= 0.3 is 0 Å². The van der Waals surface area contributed by atoms with Gasteiger partial charge in [-0.05, 0) is 67.0 Å². The Morgan fingerprint density at radius 3 is 2.31 bits per heavy atom. The third-order valence-electron chi connectivity index (χ3n) is 6.71. The number of hydrogen-bond acceptors (Lipinski definition) is 6. The summed E-state index contributed by atoms with van der Waals surface area (Å²) in [7, 11) is -3.22. The molecule has 1 unspecified atom stereocenters. The van der Waals surface area contributed by atoms with Gasteiger partial charge in [-0.25, -0.2) is 12.7 Å². The Labute approximate surface area is 208 Å². The lowest BCUT2D eigenvalue weighted by molar-refractivity contribution is 0.100. The minimum absolute atomic E-state index is 0.00687. The van der Waals surface area contributed by atoms with E-state index < -0.39 is 15.9 Å². The van der Waals surface area contributed by atoms with Gasteiger partial charge < -0.3 is 21.9 Å². The molecular formula is C26H36N4O4S. The number of amides is 1. The summed E-state index contributed by atoms with van der Waals surface area (Å²) in [5, 5.41) is 12.4. The monoisotopic (exact) mass is 500 g/mol. The summed E-state index contributed by atoms with van der Waals surface area (Å²) in [6.07, 6.45) is 1.28. The van der Waals surface area contributed by atoms with Crippen LogP contribution in [-0.2, 0) is 16.6 Å². The van der Waals surface area contributed by atoms with E-state index in [2.05, 4.69) is 11.9 Å². The molecular weight excluding hydrogens is 464 g/mol. The number of rotatable bonds is 10. The van der Waals surface area contributed by atoms with Gasteiger partial charge in [0.15, 0.2) is 0 Å². The predicted octanol–water partition coefficient (Wildman–Crippen LogP) is 2.58. The Hall–Kier alpha value is -2.72. The number of carbonyl (C=O) groups is 1. The number of aliphatic hydroxyl groups excluding tert-OH is 1. The molecule has 0 saturated carbocycles. The van der Waals surface area contributed by atoms with Crippen LogP contribution in [-0.4, -0.2) is 55.2 Å².